The van der Waals surface area contributed by atoms with Gasteiger partial charge in [-0.25, -0.2) is 4.98 Å². The lowest BCUT2D eigenvalue weighted by Gasteiger charge is -2.00. The molecule has 106 valence electrons. The Balaban J connectivity index is 2.16. The average Bonchev–Trinajstić information content (AvgIpc) is 2.81. The highest BCUT2D eigenvalue weighted by molar-refractivity contribution is 5.94. The van der Waals surface area contributed by atoms with E-state index in [1.54, 1.807) is 18.2 Å². The van der Waals surface area contributed by atoms with Crippen LogP contribution in [0.2, 0.25) is 0 Å². The summed E-state index contributed by atoms with van der Waals surface area (Å²) in [4.78, 5) is 29.6. The molecule has 0 aliphatic rings. The van der Waals surface area contributed by atoms with Gasteiger partial charge in [0, 0.05) is 6.54 Å². The number of rotatable bonds is 6. The van der Waals surface area contributed by atoms with Crippen molar-refractivity contribution in [3.63, 3.8) is 0 Å². The minimum Gasteiger partial charge on any atom is -0.481 e. The summed E-state index contributed by atoms with van der Waals surface area (Å²) < 4.78 is 0. The van der Waals surface area contributed by atoms with E-state index in [-0.39, 0.29) is 18.2 Å². The third-order valence-electron chi connectivity index (χ3n) is 2.93. The zero-order chi connectivity index (χ0) is 14.5. The van der Waals surface area contributed by atoms with Crippen molar-refractivity contribution < 1.29 is 14.7 Å². The van der Waals surface area contributed by atoms with Gasteiger partial charge in [0.05, 0.1) is 17.5 Å². The van der Waals surface area contributed by atoms with Crippen molar-refractivity contribution in [2.75, 3.05) is 6.54 Å². The molecular weight excluding hydrogens is 258 g/mol. The molecule has 1 aromatic carbocycles. The van der Waals surface area contributed by atoms with Crippen LogP contribution in [0.5, 0.6) is 0 Å². The molecule has 0 aliphatic heterocycles. The molecule has 3 N–H and O–H groups in total. The van der Waals surface area contributed by atoms with Gasteiger partial charge in [-0.1, -0.05) is 19.4 Å². The number of nitrogens with one attached hydrogen (secondary N) is 2. The minimum atomic E-state index is -0.888. The van der Waals surface area contributed by atoms with Crippen molar-refractivity contribution in [3.05, 3.63) is 29.6 Å². The van der Waals surface area contributed by atoms with E-state index < -0.39 is 5.97 Å². The Hall–Kier alpha value is -2.37. The highest BCUT2D eigenvalue weighted by Gasteiger charge is 2.11. The maximum absolute atomic E-state index is 11.9. The fourth-order valence-corrected chi connectivity index (χ4v) is 1.91. The number of nitrogens with zero attached hydrogens (tertiary/aromatic N) is 1. The Labute approximate surface area is 116 Å². The lowest BCUT2D eigenvalue weighted by Crippen LogP contribution is -2.25. The topological polar surface area (TPSA) is 95.1 Å². The van der Waals surface area contributed by atoms with Crippen molar-refractivity contribution in [2.45, 2.75) is 26.2 Å². The van der Waals surface area contributed by atoms with E-state index >= 15 is 0 Å². The van der Waals surface area contributed by atoms with Crippen LogP contribution in [0.25, 0.3) is 11.0 Å². The number of hydrogen-bond acceptors (Lipinski definition) is 3. The Bertz CT molecular complexity index is 634. The van der Waals surface area contributed by atoms with Gasteiger partial charge in [0.15, 0.2) is 5.82 Å². The molecule has 2 aromatic rings. The lowest BCUT2D eigenvalue weighted by molar-refractivity contribution is -0.136. The smallest absolute Gasteiger partial charge is 0.307 e. The highest BCUT2D eigenvalue weighted by atomic mass is 16.4. The number of carboxylic acid groups (broad SMARTS) is 1. The second-order valence-corrected chi connectivity index (χ2v) is 4.62. The zero-order valence-electron chi connectivity index (χ0n) is 11.3. The number of carbonyl (C=O) groups excluding carboxylic acids is 1. The van der Waals surface area contributed by atoms with E-state index in [0.29, 0.717) is 23.1 Å². The van der Waals surface area contributed by atoms with Crippen LogP contribution >= 0.6 is 0 Å². The van der Waals surface area contributed by atoms with Crippen LogP contribution < -0.4 is 5.32 Å². The fraction of sp³-hybridized carbons (Fsp3) is 0.357. The summed E-state index contributed by atoms with van der Waals surface area (Å²) in [6.45, 7) is 2.67. The lowest BCUT2D eigenvalue weighted by atomic mass is 10.1. The normalized spacial score (nSPS) is 10.7. The van der Waals surface area contributed by atoms with Crippen molar-refractivity contribution in [2.24, 2.45) is 0 Å². The van der Waals surface area contributed by atoms with Gasteiger partial charge in [0.25, 0.3) is 5.91 Å². The third kappa shape index (κ3) is 3.34. The van der Waals surface area contributed by atoms with Crippen molar-refractivity contribution in [3.8, 4) is 0 Å². The van der Waals surface area contributed by atoms with Gasteiger partial charge < -0.3 is 15.4 Å². The number of carboxylic acids is 1. The van der Waals surface area contributed by atoms with Crippen molar-refractivity contribution in [1.82, 2.24) is 15.3 Å². The van der Waals surface area contributed by atoms with Gasteiger partial charge >= 0.3 is 5.97 Å². The molecule has 0 aliphatic carbocycles. The Morgan fingerprint density at radius 1 is 1.40 bits per heavy atom. The average molecular weight is 275 g/mol. The number of fused-ring (bicyclic) bond motifs is 1. The molecule has 0 radical (unpaired) electrons. The van der Waals surface area contributed by atoms with E-state index in [4.69, 9.17) is 5.11 Å². The second kappa shape index (κ2) is 6.18. The van der Waals surface area contributed by atoms with Gasteiger partial charge in [-0.15, -0.1) is 0 Å². The Morgan fingerprint density at radius 3 is 2.90 bits per heavy atom. The number of aromatic amines is 1. The summed E-state index contributed by atoms with van der Waals surface area (Å²) in [6.07, 6.45) is 1.89. The molecule has 0 spiro atoms. The summed E-state index contributed by atoms with van der Waals surface area (Å²) in [5, 5.41) is 11.5. The van der Waals surface area contributed by atoms with Crippen LogP contribution in [0, 0.1) is 0 Å². The number of unbranched alkanes of at least 4 members (excludes halogenated alkanes) is 1. The number of imidazole rings is 1. The molecule has 0 unspecified atom stereocenters. The summed E-state index contributed by atoms with van der Waals surface area (Å²) in [5.74, 6) is -0.876. The third-order valence-corrected chi connectivity index (χ3v) is 2.93. The van der Waals surface area contributed by atoms with Gasteiger partial charge in [-0.05, 0) is 24.1 Å². The Morgan fingerprint density at radius 2 is 2.20 bits per heavy atom. The first-order valence-corrected chi connectivity index (χ1v) is 6.58. The molecule has 20 heavy (non-hydrogen) atoms. The molecule has 0 saturated carbocycles. The van der Waals surface area contributed by atoms with Gasteiger partial charge in [-0.2, -0.15) is 0 Å². The summed E-state index contributed by atoms with van der Waals surface area (Å²) >= 11 is 0. The number of H-pyrrole nitrogens is 1. The van der Waals surface area contributed by atoms with E-state index in [0.717, 1.165) is 12.8 Å². The fourth-order valence-electron chi connectivity index (χ4n) is 1.91. The van der Waals surface area contributed by atoms with E-state index in [1.807, 2.05) is 0 Å². The molecule has 0 fully saturated rings. The number of carbonyl (C=O) groups is 2. The molecule has 1 aromatic heterocycles. The predicted molar refractivity (Wildman–Crippen MR) is 74.7 cm³/mol. The maximum Gasteiger partial charge on any atom is 0.307 e. The molecule has 0 bridgehead atoms. The van der Waals surface area contributed by atoms with E-state index in [9.17, 15) is 9.59 Å². The number of hydrogen-bond donors (Lipinski definition) is 3. The van der Waals surface area contributed by atoms with Crippen LogP contribution in [-0.2, 0) is 11.2 Å². The van der Waals surface area contributed by atoms with Gasteiger partial charge in [0.2, 0.25) is 0 Å². The first kappa shape index (κ1) is 14.0. The quantitative estimate of drug-likeness (QED) is 0.699. The first-order valence-electron chi connectivity index (χ1n) is 6.58. The molecule has 6 heteroatoms. The standard InChI is InChI=1S/C14H17N3O3/c1-2-3-6-15-14(20)13-16-10-5-4-9(8-12(18)19)7-11(10)17-13/h4-5,7H,2-3,6,8H2,1H3,(H,15,20)(H,16,17)(H,18,19). The van der Waals surface area contributed by atoms with E-state index in [2.05, 4.69) is 22.2 Å². The molecule has 1 heterocycles. The summed E-state index contributed by atoms with van der Waals surface area (Å²) in [6, 6.07) is 5.13. The van der Waals surface area contributed by atoms with Gasteiger partial charge in [0.1, 0.15) is 0 Å². The van der Waals surface area contributed by atoms with Gasteiger partial charge in [-0.3, -0.25) is 9.59 Å². The SMILES string of the molecule is CCCCNC(=O)c1nc2ccc(CC(=O)O)cc2[nH]1. The monoisotopic (exact) mass is 275 g/mol. The molecule has 2 rings (SSSR count). The van der Waals surface area contributed by atoms with Crippen LogP contribution in [0.4, 0.5) is 0 Å². The molecule has 6 nitrogen and oxygen atoms in total. The van der Waals surface area contributed by atoms with Crippen molar-refractivity contribution in [1.29, 1.82) is 0 Å². The predicted octanol–water partition coefficient (Wildman–Crippen LogP) is 1.72. The number of benzene rings is 1. The van der Waals surface area contributed by atoms with Crippen molar-refractivity contribution >= 4 is 22.9 Å². The number of aromatic nitrogens is 2. The highest BCUT2D eigenvalue weighted by Crippen LogP contribution is 2.14. The maximum atomic E-state index is 11.9. The van der Waals surface area contributed by atoms with E-state index in [1.165, 1.54) is 0 Å². The second-order valence-electron chi connectivity index (χ2n) is 4.62. The number of aliphatic carboxylic acids is 1. The molecular formula is C14H17N3O3. The largest absolute Gasteiger partial charge is 0.481 e. The van der Waals surface area contributed by atoms with Crippen LogP contribution in [-0.4, -0.2) is 33.5 Å². The summed E-state index contributed by atoms with van der Waals surface area (Å²) in [5.41, 5.74) is 2.00. The minimum absolute atomic E-state index is 0.0486. The number of amides is 1. The zero-order valence-corrected chi connectivity index (χ0v) is 11.3. The molecule has 0 saturated heterocycles. The Kier molecular flexibility index (Phi) is 4.34. The van der Waals surface area contributed by atoms with Crippen LogP contribution in [0.15, 0.2) is 18.2 Å². The first-order chi connectivity index (χ1) is 9.60. The molecule has 1 amide bonds. The summed E-state index contributed by atoms with van der Waals surface area (Å²) in [7, 11) is 0. The molecule has 0 atom stereocenters. The van der Waals surface area contributed by atoms with Crippen LogP contribution in [0.1, 0.15) is 35.9 Å². The van der Waals surface area contributed by atoms with Crippen LogP contribution in [0.3, 0.4) is 0 Å².